The molecule has 0 radical (unpaired) electrons. The highest BCUT2D eigenvalue weighted by Crippen LogP contribution is 2.31. The number of rotatable bonds is 6. The molecule has 0 spiro atoms. The van der Waals surface area contributed by atoms with Gasteiger partial charge in [-0.3, -0.25) is 14.9 Å². The van der Waals surface area contributed by atoms with E-state index in [9.17, 15) is 14.9 Å². The number of ether oxygens (including phenoxy) is 2. The SMILES string of the molecule is COc1ccc(C(=O)N2CCC(Nc3cc([N+](=O)[O-])ccc3OC)CC2)cc1. The van der Waals surface area contributed by atoms with Crippen molar-refractivity contribution in [3.8, 4) is 11.5 Å². The van der Waals surface area contributed by atoms with Crippen LogP contribution in [-0.2, 0) is 0 Å². The normalized spacial score (nSPS) is 14.4. The van der Waals surface area contributed by atoms with Gasteiger partial charge in [-0.15, -0.1) is 0 Å². The summed E-state index contributed by atoms with van der Waals surface area (Å²) < 4.78 is 10.4. The molecule has 1 aliphatic rings. The third-order valence-corrected chi connectivity index (χ3v) is 4.87. The second-order valence-corrected chi connectivity index (χ2v) is 6.58. The molecule has 0 aromatic heterocycles. The number of methoxy groups -OCH3 is 2. The molecule has 8 nitrogen and oxygen atoms in total. The maximum atomic E-state index is 12.7. The number of carbonyl (C=O) groups excluding carboxylic acids is 1. The maximum absolute atomic E-state index is 12.7. The molecule has 1 N–H and O–H groups in total. The summed E-state index contributed by atoms with van der Waals surface area (Å²) in [5.74, 6) is 1.27. The van der Waals surface area contributed by atoms with Gasteiger partial charge in [0.25, 0.3) is 11.6 Å². The van der Waals surface area contributed by atoms with Crippen molar-refractivity contribution in [3.63, 3.8) is 0 Å². The Hall–Kier alpha value is -3.29. The Morgan fingerprint density at radius 3 is 2.36 bits per heavy atom. The van der Waals surface area contributed by atoms with Crippen LogP contribution in [0.5, 0.6) is 11.5 Å². The van der Waals surface area contributed by atoms with E-state index in [4.69, 9.17) is 9.47 Å². The summed E-state index contributed by atoms with van der Waals surface area (Å²) in [6, 6.07) is 11.7. The molecule has 1 fully saturated rings. The fraction of sp³-hybridized carbons (Fsp3) is 0.350. The van der Waals surface area contributed by atoms with E-state index in [0.717, 1.165) is 12.8 Å². The van der Waals surface area contributed by atoms with Crippen LogP contribution >= 0.6 is 0 Å². The number of likely N-dealkylation sites (tertiary alicyclic amines) is 1. The smallest absolute Gasteiger partial charge is 0.271 e. The number of amides is 1. The zero-order valence-corrected chi connectivity index (χ0v) is 15.9. The number of hydrogen-bond donors (Lipinski definition) is 1. The quantitative estimate of drug-likeness (QED) is 0.605. The van der Waals surface area contributed by atoms with Crippen molar-refractivity contribution in [2.24, 2.45) is 0 Å². The molecule has 0 atom stereocenters. The first-order valence-electron chi connectivity index (χ1n) is 9.04. The van der Waals surface area contributed by atoms with Crippen LogP contribution in [0.2, 0.25) is 0 Å². The van der Waals surface area contributed by atoms with Crippen LogP contribution in [0.3, 0.4) is 0 Å². The fourth-order valence-corrected chi connectivity index (χ4v) is 3.29. The summed E-state index contributed by atoms with van der Waals surface area (Å²) in [5, 5.41) is 14.3. The van der Waals surface area contributed by atoms with E-state index in [-0.39, 0.29) is 17.6 Å². The Morgan fingerprint density at radius 1 is 1.11 bits per heavy atom. The number of non-ortho nitro benzene ring substituents is 1. The number of anilines is 1. The molecule has 2 aromatic rings. The zero-order chi connectivity index (χ0) is 20.1. The lowest BCUT2D eigenvalue weighted by Gasteiger charge is -2.33. The van der Waals surface area contributed by atoms with Crippen molar-refractivity contribution in [1.29, 1.82) is 0 Å². The second kappa shape index (κ2) is 8.60. The largest absolute Gasteiger partial charge is 0.497 e. The van der Waals surface area contributed by atoms with Crippen molar-refractivity contribution in [1.82, 2.24) is 4.90 Å². The van der Waals surface area contributed by atoms with Gasteiger partial charge in [0.1, 0.15) is 11.5 Å². The minimum atomic E-state index is -0.430. The van der Waals surface area contributed by atoms with Gasteiger partial charge in [-0.2, -0.15) is 0 Å². The van der Waals surface area contributed by atoms with Crippen LogP contribution in [0.4, 0.5) is 11.4 Å². The number of nitro benzene ring substituents is 1. The molecule has 0 unspecified atom stereocenters. The second-order valence-electron chi connectivity index (χ2n) is 6.58. The molecule has 1 saturated heterocycles. The Bertz CT molecular complexity index is 845. The number of nitrogens with one attached hydrogen (secondary N) is 1. The first-order chi connectivity index (χ1) is 13.5. The Kier molecular flexibility index (Phi) is 5.98. The van der Waals surface area contributed by atoms with Gasteiger partial charge in [-0.25, -0.2) is 0 Å². The van der Waals surface area contributed by atoms with Crippen molar-refractivity contribution >= 4 is 17.3 Å². The molecule has 3 rings (SSSR count). The zero-order valence-electron chi connectivity index (χ0n) is 15.9. The molecule has 0 bridgehead atoms. The topological polar surface area (TPSA) is 93.9 Å². The van der Waals surface area contributed by atoms with Gasteiger partial charge in [0.05, 0.1) is 24.8 Å². The van der Waals surface area contributed by atoms with Crippen LogP contribution in [0.25, 0.3) is 0 Å². The number of piperidine rings is 1. The van der Waals surface area contributed by atoms with Gasteiger partial charge in [0.2, 0.25) is 0 Å². The highest BCUT2D eigenvalue weighted by atomic mass is 16.6. The number of hydrogen-bond acceptors (Lipinski definition) is 6. The first kappa shape index (κ1) is 19.5. The van der Waals surface area contributed by atoms with Crippen LogP contribution in [-0.4, -0.2) is 49.1 Å². The molecule has 0 aliphatic carbocycles. The minimum Gasteiger partial charge on any atom is -0.497 e. The average Bonchev–Trinajstić information content (AvgIpc) is 2.73. The van der Waals surface area contributed by atoms with Crippen molar-refractivity contribution in [3.05, 3.63) is 58.1 Å². The van der Waals surface area contributed by atoms with Gasteiger partial charge in [-0.05, 0) is 43.2 Å². The molecule has 8 heteroatoms. The first-order valence-corrected chi connectivity index (χ1v) is 9.04. The van der Waals surface area contributed by atoms with E-state index < -0.39 is 4.92 Å². The summed E-state index contributed by atoms with van der Waals surface area (Å²) in [7, 11) is 3.12. The third-order valence-electron chi connectivity index (χ3n) is 4.87. The van der Waals surface area contributed by atoms with E-state index in [1.165, 1.54) is 19.2 Å². The standard InChI is InChI=1S/C20H23N3O5/c1-27-17-6-3-14(4-7-17)20(24)22-11-9-15(10-12-22)21-18-13-16(23(25)26)5-8-19(18)28-2/h3-8,13,15,21H,9-12H2,1-2H3. The molecular weight excluding hydrogens is 362 g/mol. The molecule has 1 aliphatic heterocycles. The third kappa shape index (κ3) is 4.33. The highest BCUT2D eigenvalue weighted by Gasteiger charge is 2.24. The van der Waals surface area contributed by atoms with E-state index in [0.29, 0.717) is 35.8 Å². The van der Waals surface area contributed by atoms with Crippen molar-refractivity contribution in [2.75, 3.05) is 32.6 Å². The van der Waals surface area contributed by atoms with Gasteiger partial charge >= 0.3 is 0 Å². The van der Waals surface area contributed by atoms with E-state index in [1.54, 1.807) is 37.4 Å². The molecule has 1 amide bonds. The van der Waals surface area contributed by atoms with Crippen molar-refractivity contribution in [2.45, 2.75) is 18.9 Å². The molecule has 0 saturated carbocycles. The molecule has 1 heterocycles. The Balaban J connectivity index is 1.61. The van der Waals surface area contributed by atoms with E-state index in [1.807, 2.05) is 4.90 Å². The lowest BCUT2D eigenvalue weighted by Crippen LogP contribution is -2.42. The monoisotopic (exact) mass is 385 g/mol. The van der Waals surface area contributed by atoms with Crippen LogP contribution < -0.4 is 14.8 Å². The predicted molar refractivity (Wildman–Crippen MR) is 105 cm³/mol. The van der Waals surface area contributed by atoms with Gasteiger partial charge in [0.15, 0.2) is 0 Å². The molecule has 28 heavy (non-hydrogen) atoms. The summed E-state index contributed by atoms with van der Waals surface area (Å²) in [4.78, 5) is 25.1. The van der Waals surface area contributed by atoms with Gasteiger partial charge < -0.3 is 19.7 Å². The van der Waals surface area contributed by atoms with Gasteiger partial charge in [0, 0.05) is 36.8 Å². The molecular formula is C20H23N3O5. The lowest BCUT2D eigenvalue weighted by atomic mass is 10.0. The van der Waals surface area contributed by atoms with Crippen LogP contribution in [0, 0.1) is 10.1 Å². The van der Waals surface area contributed by atoms with Crippen molar-refractivity contribution < 1.29 is 19.2 Å². The van der Waals surface area contributed by atoms with E-state index in [2.05, 4.69) is 5.32 Å². The van der Waals surface area contributed by atoms with Crippen LogP contribution in [0.1, 0.15) is 23.2 Å². The number of nitrogens with zero attached hydrogens (tertiary/aromatic N) is 2. The summed E-state index contributed by atoms with van der Waals surface area (Å²) in [6.45, 7) is 1.22. The Labute approximate surface area is 163 Å². The fourth-order valence-electron chi connectivity index (χ4n) is 3.29. The summed E-state index contributed by atoms with van der Waals surface area (Å²) in [5.41, 5.74) is 1.24. The van der Waals surface area contributed by atoms with Gasteiger partial charge in [-0.1, -0.05) is 0 Å². The Morgan fingerprint density at radius 2 is 1.79 bits per heavy atom. The maximum Gasteiger partial charge on any atom is 0.271 e. The summed E-state index contributed by atoms with van der Waals surface area (Å²) >= 11 is 0. The minimum absolute atomic E-state index is 0.00553. The average molecular weight is 385 g/mol. The highest BCUT2D eigenvalue weighted by molar-refractivity contribution is 5.94. The number of nitro groups is 1. The number of benzene rings is 2. The van der Waals surface area contributed by atoms with E-state index >= 15 is 0 Å². The molecule has 2 aromatic carbocycles. The summed E-state index contributed by atoms with van der Waals surface area (Å²) in [6.07, 6.45) is 1.49. The van der Waals surface area contributed by atoms with Crippen LogP contribution in [0.15, 0.2) is 42.5 Å². The lowest BCUT2D eigenvalue weighted by molar-refractivity contribution is -0.384. The predicted octanol–water partition coefficient (Wildman–Crippen LogP) is 3.33. The number of carbonyl (C=O) groups is 1. The molecule has 148 valence electrons.